The van der Waals surface area contributed by atoms with Crippen LogP contribution in [0.1, 0.15) is 58.9 Å². The number of hydroxylamine groups is 2. The fourth-order valence-electron chi connectivity index (χ4n) is 5.54. The first kappa shape index (κ1) is 24.9. The second kappa shape index (κ2) is 10.2. The highest BCUT2D eigenvalue weighted by atomic mass is 16.8. The van der Waals surface area contributed by atoms with Crippen LogP contribution < -0.4 is 4.74 Å². The standard InChI is InChI=1S/C26H41NO6/c1-6-25(7-2)19-26(31-17-23(33-26)14-28-5)18-24(3,4)27(25)32-13-12-20-8-10-21(11-9-20)29-15-22-16-30-22/h8-11,22-23H,6-7,12-19H2,1-5H3. The molecular formula is C26H41NO6. The summed E-state index contributed by atoms with van der Waals surface area (Å²) in [6.07, 6.45) is 4.60. The molecule has 186 valence electrons. The van der Waals surface area contributed by atoms with Crippen molar-refractivity contribution in [2.45, 2.75) is 88.9 Å². The number of nitrogens with zero attached hydrogens (tertiary/aromatic N) is 1. The molecule has 0 N–H and O–H groups in total. The third-order valence-corrected chi connectivity index (χ3v) is 7.24. The zero-order chi connectivity index (χ0) is 23.5. The highest BCUT2D eigenvalue weighted by Gasteiger charge is 2.59. The smallest absolute Gasteiger partial charge is 0.172 e. The molecule has 0 aromatic heterocycles. The molecule has 3 atom stereocenters. The molecule has 3 heterocycles. The van der Waals surface area contributed by atoms with Gasteiger partial charge < -0.3 is 23.7 Å². The van der Waals surface area contributed by atoms with Gasteiger partial charge in [0.25, 0.3) is 0 Å². The minimum Gasteiger partial charge on any atom is -0.491 e. The maximum absolute atomic E-state index is 6.54. The Hall–Kier alpha value is -1.22. The second-order valence-corrected chi connectivity index (χ2v) is 10.3. The van der Waals surface area contributed by atoms with Crippen molar-refractivity contribution in [2.75, 3.05) is 40.1 Å². The van der Waals surface area contributed by atoms with E-state index in [1.807, 2.05) is 12.1 Å². The number of methoxy groups -OCH3 is 1. The van der Waals surface area contributed by atoms with Crippen molar-refractivity contribution in [3.63, 3.8) is 0 Å². The number of epoxide rings is 1. The Kier molecular flexibility index (Phi) is 7.68. The molecule has 0 amide bonds. The van der Waals surface area contributed by atoms with Gasteiger partial charge in [-0.3, -0.25) is 4.84 Å². The van der Waals surface area contributed by atoms with Gasteiger partial charge in [-0.2, -0.15) is 5.06 Å². The maximum atomic E-state index is 6.54. The molecule has 33 heavy (non-hydrogen) atoms. The summed E-state index contributed by atoms with van der Waals surface area (Å²) in [4.78, 5) is 6.54. The minimum atomic E-state index is -0.570. The number of piperidine rings is 1. The molecule has 3 saturated heterocycles. The van der Waals surface area contributed by atoms with Crippen LogP contribution in [-0.4, -0.2) is 74.3 Å². The van der Waals surface area contributed by atoms with Crippen LogP contribution >= 0.6 is 0 Å². The molecule has 1 aromatic rings. The summed E-state index contributed by atoms with van der Waals surface area (Å²) in [5.74, 6) is 0.317. The van der Waals surface area contributed by atoms with Crippen LogP contribution in [0.2, 0.25) is 0 Å². The maximum Gasteiger partial charge on any atom is 0.172 e. The highest BCUT2D eigenvalue weighted by molar-refractivity contribution is 5.27. The van der Waals surface area contributed by atoms with Gasteiger partial charge in [-0.1, -0.05) is 26.0 Å². The molecule has 0 bridgehead atoms. The normalized spacial score (nSPS) is 30.6. The number of hydrogen-bond donors (Lipinski definition) is 0. The summed E-state index contributed by atoms with van der Waals surface area (Å²) < 4.78 is 29.0. The van der Waals surface area contributed by atoms with Gasteiger partial charge in [0.2, 0.25) is 0 Å². The average molecular weight is 464 g/mol. The van der Waals surface area contributed by atoms with Crippen LogP contribution in [-0.2, 0) is 30.2 Å². The van der Waals surface area contributed by atoms with E-state index >= 15 is 0 Å². The summed E-state index contributed by atoms with van der Waals surface area (Å²) in [5.41, 5.74) is 0.862. The van der Waals surface area contributed by atoms with Crippen LogP contribution in [0.3, 0.4) is 0 Å². The van der Waals surface area contributed by atoms with Crippen LogP contribution in [0.5, 0.6) is 5.75 Å². The number of ether oxygens (including phenoxy) is 5. The predicted molar refractivity (Wildman–Crippen MR) is 125 cm³/mol. The van der Waals surface area contributed by atoms with E-state index in [1.54, 1.807) is 7.11 Å². The Bertz CT molecular complexity index is 761. The molecule has 0 radical (unpaired) electrons. The lowest BCUT2D eigenvalue weighted by Crippen LogP contribution is -2.67. The molecule has 4 rings (SSSR count). The van der Waals surface area contributed by atoms with Crippen LogP contribution in [0.25, 0.3) is 0 Å². The largest absolute Gasteiger partial charge is 0.491 e. The first-order valence-corrected chi connectivity index (χ1v) is 12.4. The molecule has 3 aliphatic rings. The third kappa shape index (κ3) is 5.72. The summed E-state index contributed by atoms with van der Waals surface area (Å²) in [6, 6.07) is 8.29. The molecule has 7 nitrogen and oxygen atoms in total. The SMILES string of the molecule is CCC1(CC)CC2(CC(C)(C)N1OCCc1ccc(OCC3CO3)cc1)OCC(COC)O2. The van der Waals surface area contributed by atoms with Crippen molar-refractivity contribution in [3.05, 3.63) is 29.8 Å². The van der Waals surface area contributed by atoms with E-state index in [4.69, 9.17) is 28.5 Å². The van der Waals surface area contributed by atoms with Gasteiger partial charge in [0.1, 0.15) is 24.6 Å². The second-order valence-electron chi connectivity index (χ2n) is 10.3. The average Bonchev–Trinajstić information content (AvgIpc) is 3.56. The zero-order valence-electron chi connectivity index (χ0n) is 20.9. The lowest BCUT2D eigenvalue weighted by molar-refractivity contribution is -0.346. The summed E-state index contributed by atoms with van der Waals surface area (Å²) in [5, 5.41) is 2.26. The molecule has 1 spiro atoms. The van der Waals surface area contributed by atoms with Crippen molar-refractivity contribution < 1.29 is 28.5 Å². The van der Waals surface area contributed by atoms with Gasteiger partial charge in [0, 0.05) is 25.5 Å². The van der Waals surface area contributed by atoms with Crippen molar-refractivity contribution in [3.8, 4) is 5.75 Å². The highest BCUT2D eigenvalue weighted by Crippen LogP contribution is 2.51. The number of benzene rings is 1. The number of hydrogen-bond acceptors (Lipinski definition) is 7. The topological polar surface area (TPSA) is 61.9 Å². The Labute approximate surface area is 198 Å². The molecule has 0 saturated carbocycles. The minimum absolute atomic E-state index is 0.00608. The Morgan fingerprint density at radius 2 is 1.73 bits per heavy atom. The van der Waals surface area contributed by atoms with Crippen LogP contribution in [0, 0.1) is 0 Å². The quantitative estimate of drug-likeness (QED) is 0.457. The summed E-state index contributed by atoms with van der Waals surface area (Å²) >= 11 is 0. The zero-order valence-corrected chi connectivity index (χ0v) is 20.9. The van der Waals surface area contributed by atoms with Crippen LogP contribution in [0.15, 0.2) is 24.3 Å². The van der Waals surface area contributed by atoms with Crippen molar-refractivity contribution in [1.82, 2.24) is 5.06 Å². The van der Waals surface area contributed by atoms with Gasteiger partial charge in [-0.15, -0.1) is 0 Å². The molecular weight excluding hydrogens is 422 g/mol. The Morgan fingerprint density at radius 3 is 2.36 bits per heavy atom. The van der Waals surface area contributed by atoms with Gasteiger partial charge in [-0.05, 0) is 50.8 Å². The molecule has 3 unspecified atom stereocenters. The molecule has 3 aliphatic heterocycles. The fourth-order valence-corrected chi connectivity index (χ4v) is 5.54. The van der Waals surface area contributed by atoms with Crippen molar-refractivity contribution >= 4 is 0 Å². The first-order chi connectivity index (χ1) is 15.8. The first-order valence-electron chi connectivity index (χ1n) is 12.4. The van der Waals surface area contributed by atoms with Gasteiger partial charge in [0.15, 0.2) is 5.79 Å². The Morgan fingerprint density at radius 1 is 1.00 bits per heavy atom. The van der Waals surface area contributed by atoms with Crippen molar-refractivity contribution in [2.24, 2.45) is 0 Å². The van der Waals surface area contributed by atoms with E-state index in [2.05, 4.69) is 44.9 Å². The Balaban J connectivity index is 1.37. The van der Waals surface area contributed by atoms with Gasteiger partial charge >= 0.3 is 0 Å². The van der Waals surface area contributed by atoms with E-state index in [9.17, 15) is 0 Å². The molecule has 0 aliphatic carbocycles. The molecule has 7 heteroatoms. The van der Waals surface area contributed by atoms with E-state index in [0.717, 1.165) is 44.5 Å². The monoisotopic (exact) mass is 463 g/mol. The van der Waals surface area contributed by atoms with E-state index < -0.39 is 5.79 Å². The lowest BCUT2D eigenvalue weighted by Gasteiger charge is -2.58. The number of rotatable bonds is 11. The summed E-state index contributed by atoms with van der Waals surface area (Å²) in [7, 11) is 1.71. The molecule has 1 aromatic carbocycles. The lowest BCUT2D eigenvalue weighted by atomic mass is 9.73. The van der Waals surface area contributed by atoms with E-state index in [-0.39, 0.29) is 23.3 Å². The van der Waals surface area contributed by atoms with Gasteiger partial charge in [0.05, 0.1) is 32.0 Å². The van der Waals surface area contributed by atoms with Gasteiger partial charge in [-0.25, -0.2) is 0 Å². The van der Waals surface area contributed by atoms with E-state index in [0.29, 0.717) is 26.4 Å². The third-order valence-electron chi connectivity index (χ3n) is 7.24. The van der Waals surface area contributed by atoms with Crippen LogP contribution in [0.4, 0.5) is 0 Å². The van der Waals surface area contributed by atoms with Crippen molar-refractivity contribution in [1.29, 1.82) is 0 Å². The summed E-state index contributed by atoms with van der Waals surface area (Å²) in [6.45, 7) is 12.2. The molecule has 3 fully saturated rings. The van der Waals surface area contributed by atoms with E-state index in [1.165, 1.54) is 5.56 Å². The fraction of sp³-hybridized carbons (Fsp3) is 0.769. The predicted octanol–water partition coefficient (Wildman–Crippen LogP) is 4.13.